The van der Waals surface area contributed by atoms with Crippen LogP contribution in [0.2, 0.25) is 41.4 Å². The summed E-state index contributed by atoms with van der Waals surface area (Å²) in [5.41, 5.74) is 0. The lowest BCUT2D eigenvalue weighted by Gasteiger charge is -2.41. The molecule has 9 heteroatoms. The Bertz CT molecular complexity index is 766. The minimum Gasteiger partial charge on any atom is -0.416 e. The van der Waals surface area contributed by atoms with Crippen LogP contribution in [0, 0.1) is 11.7 Å². The van der Waals surface area contributed by atoms with Crippen molar-refractivity contribution < 1.29 is 13.2 Å². The fourth-order valence-corrected chi connectivity index (χ4v) is 5.85. The molecule has 1 fully saturated rings. The molecule has 1 heterocycles. The molecule has 1 N–H and O–H groups in total. The fourth-order valence-electron chi connectivity index (χ4n) is 3.25. The third kappa shape index (κ3) is 6.50. The van der Waals surface area contributed by atoms with Crippen LogP contribution in [0.4, 0.5) is 10.2 Å². The van der Waals surface area contributed by atoms with Gasteiger partial charge in [-0.05, 0) is 49.1 Å². The quantitative estimate of drug-likeness (QED) is 0.334. The summed E-state index contributed by atoms with van der Waals surface area (Å²) in [7, 11) is -3.83. The first-order valence-corrected chi connectivity index (χ1v) is 17.4. The van der Waals surface area contributed by atoms with Crippen LogP contribution in [0.3, 0.4) is 0 Å². The summed E-state index contributed by atoms with van der Waals surface area (Å²) in [6, 6.07) is 0.0447. The van der Waals surface area contributed by atoms with E-state index in [2.05, 4.69) is 83.0 Å². The van der Waals surface area contributed by atoms with Crippen LogP contribution in [-0.2, 0) is 8.85 Å². The van der Waals surface area contributed by atoms with Crippen LogP contribution < -0.4 is 5.32 Å². The van der Waals surface area contributed by atoms with Crippen molar-refractivity contribution in [3.8, 4) is 0 Å². The molecule has 0 bridgehead atoms. The lowest BCUT2D eigenvalue weighted by atomic mass is 10.1. The molecule has 2 rings (SSSR count). The SMILES string of the molecule is CC(C)(C)[Si](C)(C)OCC1CC(Nc2ncnc(Cl)c2F)CC1O[Si](C)(C)C(C)(C)C. The first-order valence-electron chi connectivity index (χ1n) is 11.2. The smallest absolute Gasteiger partial charge is 0.202 e. The number of halogens is 2. The molecule has 0 amide bonds. The predicted octanol–water partition coefficient (Wildman–Crippen LogP) is 6.87. The largest absolute Gasteiger partial charge is 0.416 e. The van der Waals surface area contributed by atoms with Crippen molar-refractivity contribution >= 4 is 34.1 Å². The summed E-state index contributed by atoms with van der Waals surface area (Å²) in [5.74, 6) is -0.199. The average Bonchev–Trinajstić information content (AvgIpc) is 2.96. The average molecular weight is 490 g/mol. The Morgan fingerprint density at radius 2 is 1.61 bits per heavy atom. The highest BCUT2D eigenvalue weighted by Gasteiger charge is 2.45. The van der Waals surface area contributed by atoms with Gasteiger partial charge in [0, 0.05) is 18.6 Å². The van der Waals surface area contributed by atoms with Gasteiger partial charge in [-0.1, -0.05) is 53.1 Å². The monoisotopic (exact) mass is 489 g/mol. The zero-order valence-electron chi connectivity index (χ0n) is 20.9. The zero-order chi connectivity index (χ0) is 23.8. The molecule has 1 aromatic heterocycles. The van der Waals surface area contributed by atoms with E-state index in [-0.39, 0.29) is 39.1 Å². The fraction of sp³-hybridized carbons (Fsp3) is 0.818. The minimum atomic E-state index is -1.96. The van der Waals surface area contributed by atoms with Gasteiger partial charge in [0.1, 0.15) is 6.33 Å². The third-order valence-electron chi connectivity index (χ3n) is 7.43. The van der Waals surface area contributed by atoms with E-state index in [1.165, 1.54) is 6.33 Å². The maximum Gasteiger partial charge on any atom is 0.202 e. The molecule has 0 radical (unpaired) electrons. The van der Waals surface area contributed by atoms with Crippen LogP contribution in [0.15, 0.2) is 6.33 Å². The number of aromatic nitrogens is 2. The zero-order valence-corrected chi connectivity index (χ0v) is 23.7. The second kappa shape index (κ2) is 9.37. The highest BCUT2D eigenvalue weighted by atomic mass is 35.5. The van der Waals surface area contributed by atoms with Gasteiger partial charge in [-0.3, -0.25) is 0 Å². The number of hydrogen-bond acceptors (Lipinski definition) is 5. The van der Waals surface area contributed by atoms with Gasteiger partial charge in [0.2, 0.25) is 5.82 Å². The van der Waals surface area contributed by atoms with E-state index in [4.69, 9.17) is 20.5 Å². The Kier molecular flexibility index (Phi) is 8.07. The number of anilines is 1. The number of rotatable bonds is 7. The molecular weight excluding hydrogens is 449 g/mol. The van der Waals surface area contributed by atoms with Gasteiger partial charge in [0.25, 0.3) is 0 Å². The van der Waals surface area contributed by atoms with Crippen molar-refractivity contribution in [1.82, 2.24) is 9.97 Å². The van der Waals surface area contributed by atoms with E-state index in [0.717, 1.165) is 12.8 Å². The van der Waals surface area contributed by atoms with Gasteiger partial charge >= 0.3 is 0 Å². The van der Waals surface area contributed by atoms with E-state index in [9.17, 15) is 4.39 Å². The summed E-state index contributed by atoms with van der Waals surface area (Å²) in [4.78, 5) is 7.75. The van der Waals surface area contributed by atoms with Gasteiger partial charge in [0.05, 0.1) is 6.10 Å². The van der Waals surface area contributed by atoms with Crippen molar-refractivity contribution in [3.05, 3.63) is 17.3 Å². The molecule has 0 spiro atoms. The molecule has 1 aromatic rings. The van der Waals surface area contributed by atoms with Gasteiger partial charge in [-0.25, -0.2) is 9.97 Å². The second-order valence-corrected chi connectivity index (χ2v) is 21.8. The summed E-state index contributed by atoms with van der Waals surface area (Å²) >= 11 is 5.84. The molecule has 31 heavy (non-hydrogen) atoms. The summed E-state index contributed by atoms with van der Waals surface area (Å²) in [6.45, 7) is 23.3. The first-order chi connectivity index (χ1) is 13.9. The van der Waals surface area contributed by atoms with Crippen molar-refractivity contribution in [2.45, 2.75) is 103 Å². The topological polar surface area (TPSA) is 56.3 Å². The van der Waals surface area contributed by atoms with Crippen molar-refractivity contribution in [1.29, 1.82) is 0 Å². The Morgan fingerprint density at radius 1 is 1.03 bits per heavy atom. The molecule has 5 nitrogen and oxygen atoms in total. The predicted molar refractivity (Wildman–Crippen MR) is 132 cm³/mol. The third-order valence-corrected chi connectivity index (χ3v) is 16.7. The molecular formula is C22H41ClFN3O2Si2. The molecule has 3 unspecified atom stereocenters. The van der Waals surface area contributed by atoms with Gasteiger partial charge < -0.3 is 14.2 Å². The van der Waals surface area contributed by atoms with Gasteiger partial charge in [-0.2, -0.15) is 4.39 Å². The molecule has 3 atom stereocenters. The van der Waals surface area contributed by atoms with Crippen LogP contribution in [-0.4, -0.2) is 45.4 Å². The summed E-state index contributed by atoms with van der Waals surface area (Å²) < 4.78 is 27.8. The van der Waals surface area contributed by atoms with E-state index in [0.29, 0.717) is 6.61 Å². The lowest BCUT2D eigenvalue weighted by Crippen LogP contribution is -2.46. The van der Waals surface area contributed by atoms with Crippen molar-refractivity contribution in [2.75, 3.05) is 11.9 Å². The second-order valence-electron chi connectivity index (χ2n) is 11.9. The molecule has 0 aromatic carbocycles. The maximum atomic E-state index is 14.3. The molecule has 1 aliphatic rings. The maximum absolute atomic E-state index is 14.3. The number of nitrogens with zero attached hydrogens (tertiary/aromatic N) is 2. The highest BCUT2D eigenvalue weighted by Crippen LogP contribution is 2.43. The van der Waals surface area contributed by atoms with Crippen molar-refractivity contribution in [2.24, 2.45) is 5.92 Å². The van der Waals surface area contributed by atoms with Gasteiger partial charge in [0.15, 0.2) is 27.6 Å². The lowest BCUT2D eigenvalue weighted by molar-refractivity contribution is 0.101. The van der Waals surface area contributed by atoms with Crippen LogP contribution in [0.25, 0.3) is 0 Å². The molecule has 0 aliphatic heterocycles. The van der Waals surface area contributed by atoms with Crippen LogP contribution in [0.1, 0.15) is 54.4 Å². The van der Waals surface area contributed by atoms with Gasteiger partial charge in [-0.15, -0.1) is 0 Å². The summed E-state index contributed by atoms with van der Waals surface area (Å²) in [6.07, 6.45) is 2.99. The van der Waals surface area contributed by atoms with E-state index in [1.807, 2.05) is 0 Å². The van der Waals surface area contributed by atoms with E-state index >= 15 is 0 Å². The van der Waals surface area contributed by atoms with Crippen molar-refractivity contribution in [3.63, 3.8) is 0 Å². The Hall–Kier alpha value is -0.546. The highest BCUT2D eigenvalue weighted by molar-refractivity contribution is 6.74. The Morgan fingerprint density at radius 3 is 2.16 bits per heavy atom. The Balaban J connectivity index is 2.19. The van der Waals surface area contributed by atoms with E-state index < -0.39 is 22.5 Å². The Labute approximate surface area is 195 Å². The minimum absolute atomic E-state index is 0.0447. The normalized spacial score (nSPS) is 23.3. The molecule has 1 saturated carbocycles. The van der Waals surface area contributed by atoms with Crippen LogP contribution in [0.5, 0.6) is 0 Å². The molecule has 0 saturated heterocycles. The number of hydrogen-bond donors (Lipinski definition) is 1. The molecule has 1 aliphatic carbocycles. The van der Waals surface area contributed by atoms with E-state index in [1.54, 1.807) is 0 Å². The summed E-state index contributed by atoms with van der Waals surface area (Å²) in [5, 5.41) is 3.35. The molecule has 178 valence electrons. The number of nitrogens with one attached hydrogen (secondary N) is 1. The first kappa shape index (κ1) is 26.7. The van der Waals surface area contributed by atoms with Crippen LogP contribution >= 0.6 is 11.6 Å². The standard InChI is InChI=1S/C22H41ClFN3O2Si2/c1-21(2,3)30(7,8)28-13-15-11-16(27-20-18(24)19(23)25-14-26-20)12-17(15)29-31(9,10)22(4,5)6/h14-17H,11-13H2,1-10H3,(H,25,26,27).